The van der Waals surface area contributed by atoms with Crippen molar-refractivity contribution in [3.05, 3.63) is 0 Å². The predicted molar refractivity (Wildman–Crippen MR) is 52.8 cm³/mol. The van der Waals surface area contributed by atoms with Gasteiger partial charge < -0.3 is 5.11 Å². The van der Waals surface area contributed by atoms with Crippen molar-refractivity contribution in [3.63, 3.8) is 0 Å². The molecule has 0 saturated heterocycles. The van der Waals surface area contributed by atoms with Crippen LogP contribution < -0.4 is 0 Å². The van der Waals surface area contributed by atoms with E-state index in [1.807, 2.05) is 0 Å². The van der Waals surface area contributed by atoms with Crippen molar-refractivity contribution in [1.29, 1.82) is 0 Å². The highest BCUT2D eigenvalue weighted by Crippen LogP contribution is 2.22. The zero-order valence-corrected chi connectivity index (χ0v) is 8.43. The van der Waals surface area contributed by atoms with E-state index in [1.54, 1.807) is 0 Å². The molecule has 0 spiro atoms. The Bertz CT molecular complexity index is 147. The van der Waals surface area contributed by atoms with Gasteiger partial charge in [-0.1, -0.05) is 20.8 Å². The zero-order chi connectivity index (χ0) is 9.61. The minimum absolute atomic E-state index is 0.182. The van der Waals surface area contributed by atoms with E-state index in [0.717, 1.165) is 25.7 Å². The monoisotopic (exact) mass is 168 g/mol. The third-order valence-corrected chi connectivity index (χ3v) is 1.71. The third kappa shape index (κ3) is 7.63. The van der Waals surface area contributed by atoms with Crippen molar-refractivity contribution < 1.29 is 5.11 Å². The van der Waals surface area contributed by atoms with Crippen LogP contribution in [0.2, 0.25) is 0 Å². The van der Waals surface area contributed by atoms with Crippen LogP contribution in [0.5, 0.6) is 0 Å². The summed E-state index contributed by atoms with van der Waals surface area (Å²) in [5, 5.41) is 9.54. The molecule has 0 amide bonds. The fourth-order valence-electron chi connectivity index (χ4n) is 1.25. The van der Waals surface area contributed by atoms with Crippen molar-refractivity contribution in [2.75, 3.05) is 0 Å². The molecule has 70 valence electrons. The summed E-state index contributed by atoms with van der Waals surface area (Å²) in [6.45, 7) is 6.41. The molecule has 1 heteroatoms. The Labute approximate surface area is 76.2 Å². The lowest BCUT2D eigenvalue weighted by molar-refractivity contribution is 0.111. The Balaban J connectivity index is 3.48. The summed E-state index contributed by atoms with van der Waals surface area (Å²) in [5.74, 6) is 2.57. The molecule has 0 aromatic heterocycles. The van der Waals surface area contributed by atoms with Crippen LogP contribution in [-0.4, -0.2) is 11.2 Å². The average Bonchev–Trinajstić information content (AvgIpc) is 1.84. The highest BCUT2D eigenvalue weighted by atomic mass is 16.3. The number of hydrogen-bond acceptors (Lipinski definition) is 1. The van der Waals surface area contributed by atoms with Gasteiger partial charge in [-0.2, -0.15) is 0 Å². The molecule has 0 fully saturated rings. The fraction of sp³-hybridized carbons (Fsp3) is 0.818. The summed E-state index contributed by atoms with van der Waals surface area (Å²) < 4.78 is 0. The Morgan fingerprint density at radius 1 is 1.42 bits per heavy atom. The van der Waals surface area contributed by atoms with Crippen LogP contribution in [0.3, 0.4) is 0 Å². The standard InChI is InChI=1S/C11H20O/c1-5-6-7-8-10(12)9-11(2,3)4/h1,10,12H,6-9H2,2-4H3. The third-order valence-electron chi connectivity index (χ3n) is 1.71. The molecule has 0 aliphatic carbocycles. The maximum atomic E-state index is 9.54. The Morgan fingerprint density at radius 3 is 2.42 bits per heavy atom. The molecule has 12 heavy (non-hydrogen) atoms. The lowest BCUT2D eigenvalue weighted by atomic mass is 9.88. The van der Waals surface area contributed by atoms with Crippen LogP contribution in [0.25, 0.3) is 0 Å². The van der Waals surface area contributed by atoms with E-state index < -0.39 is 0 Å². The molecule has 0 aromatic rings. The Kier molecular flexibility index (Phi) is 5.01. The Hall–Kier alpha value is -0.480. The topological polar surface area (TPSA) is 20.2 Å². The van der Waals surface area contributed by atoms with Crippen molar-refractivity contribution in [2.24, 2.45) is 5.41 Å². The van der Waals surface area contributed by atoms with Gasteiger partial charge in [0.25, 0.3) is 0 Å². The number of rotatable bonds is 4. The first-order valence-electron chi connectivity index (χ1n) is 4.57. The first kappa shape index (κ1) is 11.5. The van der Waals surface area contributed by atoms with Crippen LogP contribution in [0.15, 0.2) is 0 Å². The molecule has 1 N–H and O–H groups in total. The molecule has 0 bridgehead atoms. The van der Waals surface area contributed by atoms with Gasteiger partial charge in [0.05, 0.1) is 6.10 Å². The molecular weight excluding hydrogens is 148 g/mol. The SMILES string of the molecule is C#CCCCC(O)CC(C)(C)C. The molecule has 1 nitrogen and oxygen atoms in total. The summed E-state index contributed by atoms with van der Waals surface area (Å²) >= 11 is 0. The number of unbranched alkanes of at least 4 members (excludes halogenated alkanes) is 1. The van der Waals surface area contributed by atoms with Gasteiger partial charge in [0.15, 0.2) is 0 Å². The molecule has 0 rings (SSSR count). The largest absolute Gasteiger partial charge is 0.393 e. The highest BCUT2D eigenvalue weighted by Gasteiger charge is 2.15. The molecular formula is C11H20O. The first-order chi connectivity index (χ1) is 5.45. The van der Waals surface area contributed by atoms with Gasteiger partial charge in [0.2, 0.25) is 0 Å². The van der Waals surface area contributed by atoms with Crippen molar-refractivity contribution in [3.8, 4) is 12.3 Å². The fourth-order valence-corrected chi connectivity index (χ4v) is 1.25. The summed E-state index contributed by atoms with van der Waals surface area (Å²) in [7, 11) is 0. The van der Waals surface area contributed by atoms with E-state index in [-0.39, 0.29) is 11.5 Å². The molecule has 0 heterocycles. The lowest BCUT2D eigenvalue weighted by Gasteiger charge is -2.21. The summed E-state index contributed by atoms with van der Waals surface area (Å²) in [4.78, 5) is 0. The number of aliphatic hydroxyl groups is 1. The van der Waals surface area contributed by atoms with Crippen molar-refractivity contribution in [2.45, 2.75) is 52.6 Å². The number of terminal acetylenes is 1. The van der Waals surface area contributed by atoms with Gasteiger partial charge >= 0.3 is 0 Å². The van der Waals surface area contributed by atoms with Gasteiger partial charge in [-0.15, -0.1) is 12.3 Å². The minimum atomic E-state index is -0.182. The van der Waals surface area contributed by atoms with E-state index in [0.29, 0.717) is 0 Å². The quantitative estimate of drug-likeness (QED) is 0.505. The molecule has 1 atom stereocenters. The summed E-state index contributed by atoms with van der Waals surface area (Å²) in [5.41, 5.74) is 0.218. The maximum Gasteiger partial charge on any atom is 0.0545 e. The first-order valence-corrected chi connectivity index (χ1v) is 4.57. The highest BCUT2D eigenvalue weighted by molar-refractivity contribution is 4.83. The van der Waals surface area contributed by atoms with E-state index in [4.69, 9.17) is 6.42 Å². The lowest BCUT2D eigenvalue weighted by Crippen LogP contribution is -2.17. The second-order valence-corrected chi connectivity index (χ2v) is 4.51. The second-order valence-electron chi connectivity index (χ2n) is 4.51. The van der Waals surface area contributed by atoms with Crippen LogP contribution in [0.4, 0.5) is 0 Å². The van der Waals surface area contributed by atoms with Crippen molar-refractivity contribution in [1.82, 2.24) is 0 Å². The van der Waals surface area contributed by atoms with Gasteiger partial charge in [0.1, 0.15) is 0 Å². The van der Waals surface area contributed by atoms with Crippen molar-refractivity contribution >= 4 is 0 Å². The number of hydrogen-bond donors (Lipinski definition) is 1. The van der Waals surface area contributed by atoms with E-state index >= 15 is 0 Å². The van der Waals surface area contributed by atoms with Crippen LogP contribution in [0.1, 0.15) is 46.5 Å². The predicted octanol–water partition coefficient (Wildman–Crippen LogP) is 2.59. The van der Waals surface area contributed by atoms with Gasteiger partial charge in [-0.25, -0.2) is 0 Å². The summed E-state index contributed by atoms with van der Waals surface area (Å²) in [6, 6.07) is 0. The van der Waals surface area contributed by atoms with Gasteiger partial charge in [0, 0.05) is 6.42 Å². The normalized spacial score (nSPS) is 13.9. The van der Waals surface area contributed by atoms with E-state index in [9.17, 15) is 5.11 Å². The average molecular weight is 168 g/mol. The Morgan fingerprint density at radius 2 is 2.00 bits per heavy atom. The molecule has 0 aliphatic rings. The summed E-state index contributed by atoms with van der Waals surface area (Å²) in [6.07, 6.45) is 8.34. The molecule has 0 aromatic carbocycles. The zero-order valence-electron chi connectivity index (χ0n) is 8.43. The van der Waals surface area contributed by atoms with Crippen LogP contribution in [0, 0.1) is 17.8 Å². The second kappa shape index (κ2) is 5.22. The van der Waals surface area contributed by atoms with E-state index in [2.05, 4.69) is 26.7 Å². The van der Waals surface area contributed by atoms with Gasteiger partial charge in [-0.3, -0.25) is 0 Å². The minimum Gasteiger partial charge on any atom is -0.393 e. The number of aliphatic hydroxyl groups excluding tert-OH is 1. The molecule has 1 unspecified atom stereocenters. The van der Waals surface area contributed by atoms with Crippen LogP contribution in [-0.2, 0) is 0 Å². The maximum absolute atomic E-state index is 9.54. The van der Waals surface area contributed by atoms with Gasteiger partial charge in [-0.05, 0) is 24.7 Å². The van der Waals surface area contributed by atoms with Crippen LogP contribution >= 0.6 is 0 Å². The smallest absolute Gasteiger partial charge is 0.0545 e. The van der Waals surface area contributed by atoms with E-state index in [1.165, 1.54) is 0 Å². The molecule has 0 saturated carbocycles. The molecule has 0 aliphatic heterocycles. The molecule has 0 radical (unpaired) electrons.